The topological polar surface area (TPSA) is 27.1 Å². The Kier molecular flexibility index (Phi) is 3.84. The Morgan fingerprint density at radius 1 is 1.41 bits per heavy atom. The Labute approximate surface area is 110 Å². The maximum Gasteiger partial charge on any atom is 0.140 e. The van der Waals surface area contributed by atoms with Gasteiger partial charge >= 0.3 is 0 Å². The van der Waals surface area contributed by atoms with Crippen LogP contribution in [0, 0.1) is 0 Å². The molecule has 2 aromatic rings. The predicted octanol–water partition coefficient (Wildman–Crippen LogP) is 3.73. The highest BCUT2D eigenvalue weighted by Crippen LogP contribution is 2.35. The van der Waals surface area contributed by atoms with E-state index in [9.17, 15) is 0 Å². The molecule has 0 aliphatic heterocycles. The van der Waals surface area contributed by atoms with Gasteiger partial charge in [-0.05, 0) is 28.4 Å². The van der Waals surface area contributed by atoms with E-state index >= 15 is 0 Å². The second-order valence-corrected chi connectivity index (χ2v) is 4.67. The summed E-state index contributed by atoms with van der Waals surface area (Å²) in [5.41, 5.74) is 2.14. The molecular formula is C13H15BrN2O. The Morgan fingerprint density at radius 2 is 2.24 bits per heavy atom. The molecule has 1 aromatic carbocycles. The zero-order valence-electron chi connectivity index (χ0n) is 9.98. The van der Waals surface area contributed by atoms with E-state index in [1.54, 1.807) is 7.11 Å². The Balaban J connectivity index is 2.41. The van der Waals surface area contributed by atoms with Crippen molar-refractivity contribution in [2.24, 2.45) is 0 Å². The fourth-order valence-electron chi connectivity index (χ4n) is 1.80. The number of ether oxygens (including phenoxy) is 1. The van der Waals surface area contributed by atoms with Gasteiger partial charge in [-0.3, -0.25) is 4.68 Å². The zero-order valence-corrected chi connectivity index (χ0v) is 11.6. The quantitative estimate of drug-likeness (QED) is 0.859. The average Bonchev–Trinajstić information content (AvgIpc) is 2.78. The molecule has 4 heteroatoms. The van der Waals surface area contributed by atoms with E-state index in [0.717, 1.165) is 34.3 Å². The summed E-state index contributed by atoms with van der Waals surface area (Å²) in [5.74, 6) is 0.851. The zero-order chi connectivity index (χ0) is 12.3. The lowest BCUT2D eigenvalue weighted by molar-refractivity contribution is 0.414. The maximum absolute atomic E-state index is 5.42. The first-order chi connectivity index (χ1) is 8.26. The Bertz CT molecular complexity index is 508. The highest BCUT2D eigenvalue weighted by molar-refractivity contribution is 9.10. The predicted molar refractivity (Wildman–Crippen MR) is 72.2 cm³/mol. The summed E-state index contributed by atoms with van der Waals surface area (Å²) < 4.78 is 8.33. The van der Waals surface area contributed by atoms with E-state index in [4.69, 9.17) is 4.74 Å². The summed E-state index contributed by atoms with van der Waals surface area (Å²) in [6.07, 6.45) is 5.00. The van der Waals surface area contributed by atoms with Crippen LogP contribution < -0.4 is 4.74 Å². The summed E-state index contributed by atoms with van der Waals surface area (Å²) in [5, 5.41) is 4.33. The minimum Gasteiger partial charge on any atom is -0.495 e. The average molecular weight is 295 g/mol. The van der Waals surface area contributed by atoms with Crippen molar-refractivity contribution >= 4 is 15.9 Å². The van der Waals surface area contributed by atoms with Crippen molar-refractivity contribution in [1.29, 1.82) is 0 Å². The third kappa shape index (κ3) is 2.52. The number of hydrogen-bond donors (Lipinski definition) is 0. The molecule has 0 radical (unpaired) electrons. The van der Waals surface area contributed by atoms with Crippen molar-refractivity contribution in [1.82, 2.24) is 9.78 Å². The van der Waals surface area contributed by atoms with E-state index in [2.05, 4.69) is 28.0 Å². The van der Waals surface area contributed by atoms with Crippen LogP contribution in [-0.4, -0.2) is 16.9 Å². The standard InChI is InChI=1S/C13H15BrN2O/c1-3-7-16-9-10(8-15-16)11-5-4-6-12(14)13(11)17-2/h4-6,8-9H,3,7H2,1-2H3. The number of aryl methyl sites for hydroxylation is 1. The van der Waals surface area contributed by atoms with E-state index in [-0.39, 0.29) is 0 Å². The highest BCUT2D eigenvalue weighted by Gasteiger charge is 2.10. The molecule has 0 N–H and O–H groups in total. The normalized spacial score (nSPS) is 10.5. The molecule has 0 spiro atoms. The largest absolute Gasteiger partial charge is 0.495 e. The van der Waals surface area contributed by atoms with Crippen molar-refractivity contribution in [3.63, 3.8) is 0 Å². The van der Waals surface area contributed by atoms with E-state index in [1.165, 1.54) is 0 Å². The molecule has 0 amide bonds. The third-order valence-corrected chi connectivity index (χ3v) is 3.19. The lowest BCUT2D eigenvalue weighted by atomic mass is 10.1. The first-order valence-electron chi connectivity index (χ1n) is 5.61. The molecule has 1 heterocycles. The number of rotatable bonds is 4. The molecule has 0 saturated carbocycles. The fraction of sp³-hybridized carbons (Fsp3) is 0.308. The number of methoxy groups -OCH3 is 1. The van der Waals surface area contributed by atoms with E-state index < -0.39 is 0 Å². The van der Waals surface area contributed by atoms with Crippen LogP contribution in [-0.2, 0) is 6.54 Å². The molecule has 2 rings (SSSR count). The fourth-order valence-corrected chi connectivity index (χ4v) is 2.33. The second-order valence-electron chi connectivity index (χ2n) is 3.81. The molecule has 17 heavy (non-hydrogen) atoms. The second kappa shape index (κ2) is 5.36. The molecule has 0 bridgehead atoms. The van der Waals surface area contributed by atoms with Gasteiger partial charge < -0.3 is 4.74 Å². The lowest BCUT2D eigenvalue weighted by Crippen LogP contribution is -1.95. The van der Waals surface area contributed by atoms with Crippen LogP contribution in [0.15, 0.2) is 35.1 Å². The van der Waals surface area contributed by atoms with Crippen LogP contribution in [0.3, 0.4) is 0 Å². The van der Waals surface area contributed by atoms with Crippen LogP contribution in [0.1, 0.15) is 13.3 Å². The molecule has 0 unspecified atom stereocenters. The van der Waals surface area contributed by atoms with Crippen LogP contribution in [0.4, 0.5) is 0 Å². The van der Waals surface area contributed by atoms with Crippen LogP contribution in [0.5, 0.6) is 5.75 Å². The van der Waals surface area contributed by atoms with Gasteiger partial charge in [0, 0.05) is 23.9 Å². The highest BCUT2D eigenvalue weighted by atomic mass is 79.9. The molecule has 90 valence electrons. The maximum atomic E-state index is 5.42. The first kappa shape index (κ1) is 12.2. The number of benzene rings is 1. The molecule has 0 aliphatic carbocycles. The van der Waals surface area contributed by atoms with Crippen molar-refractivity contribution in [2.75, 3.05) is 7.11 Å². The molecule has 0 atom stereocenters. The molecule has 1 aromatic heterocycles. The third-order valence-electron chi connectivity index (χ3n) is 2.57. The van der Waals surface area contributed by atoms with Crippen LogP contribution in [0.25, 0.3) is 11.1 Å². The molecule has 3 nitrogen and oxygen atoms in total. The van der Waals surface area contributed by atoms with E-state index in [1.807, 2.05) is 35.3 Å². The van der Waals surface area contributed by atoms with Gasteiger partial charge in [0.1, 0.15) is 5.75 Å². The summed E-state index contributed by atoms with van der Waals surface area (Å²) in [4.78, 5) is 0. The van der Waals surface area contributed by atoms with E-state index in [0.29, 0.717) is 0 Å². The molecule has 0 fully saturated rings. The van der Waals surface area contributed by atoms with Gasteiger partial charge in [-0.2, -0.15) is 5.10 Å². The van der Waals surface area contributed by atoms with Crippen molar-refractivity contribution in [3.05, 3.63) is 35.1 Å². The van der Waals surface area contributed by atoms with Crippen molar-refractivity contribution < 1.29 is 4.74 Å². The lowest BCUT2D eigenvalue weighted by Gasteiger charge is -2.08. The Hall–Kier alpha value is -1.29. The number of para-hydroxylation sites is 1. The van der Waals surface area contributed by atoms with Crippen molar-refractivity contribution in [2.45, 2.75) is 19.9 Å². The van der Waals surface area contributed by atoms with Gasteiger partial charge in [0.25, 0.3) is 0 Å². The van der Waals surface area contributed by atoms with Gasteiger partial charge in [-0.25, -0.2) is 0 Å². The van der Waals surface area contributed by atoms with Gasteiger partial charge in [0.2, 0.25) is 0 Å². The number of hydrogen-bond acceptors (Lipinski definition) is 2. The van der Waals surface area contributed by atoms with Crippen molar-refractivity contribution in [3.8, 4) is 16.9 Å². The van der Waals surface area contributed by atoms with Gasteiger partial charge in [-0.1, -0.05) is 19.1 Å². The minimum absolute atomic E-state index is 0.851. The van der Waals surface area contributed by atoms with Crippen LogP contribution in [0.2, 0.25) is 0 Å². The monoisotopic (exact) mass is 294 g/mol. The number of aromatic nitrogens is 2. The minimum atomic E-state index is 0.851. The smallest absolute Gasteiger partial charge is 0.140 e. The summed E-state index contributed by atoms with van der Waals surface area (Å²) in [6.45, 7) is 3.08. The molecular weight excluding hydrogens is 280 g/mol. The van der Waals surface area contributed by atoms with Gasteiger partial charge in [-0.15, -0.1) is 0 Å². The first-order valence-corrected chi connectivity index (χ1v) is 6.41. The SMILES string of the molecule is CCCn1cc(-c2cccc(Br)c2OC)cn1. The molecule has 0 aliphatic rings. The number of nitrogens with zero attached hydrogens (tertiary/aromatic N) is 2. The number of halogens is 1. The summed E-state index contributed by atoms with van der Waals surface area (Å²) in [6, 6.07) is 6.01. The summed E-state index contributed by atoms with van der Waals surface area (Å²) >= 11 is 3.49. The summed E-state index contributed by atoms with van der Waals surface area (Å²) in [7, 11) is 1.68. The van der Waals surface area contributed by atoms with Crippen LogP contribution >= 0.6 is 15.9 Å². The Morgan fingerprint density at radius 3 is 2.94 bits per heavy atom. The van der Waals surface area contributed by atoms with Gasteiger partial charge in [0.05, 0.1) is 17.8 Å². The van der Waals surface area contributed by atoms with Gasteiger partial charge in [0.15, 0.2) is 0 Å². The molecule has 0 saturated heterocycles.